The van der Waals surface area contributed by atoms with Crippen LogP contribution >= 0.6 is 47.8 Å². The van der Waals surface area contributed by atoms with Crippen LogP contribution in [0.2, 0.25) is 0 Å². The van der Waals surface area contributed by atoms with Crippen molar-refractivity contribution in [1.29, 1.82) is 0 Å². The van der Waals surface area contributed by atoms with Crippen molar-refractivity contribution in [2.45, 2.75) is 26.2 Å². The molecule has 152 valence electrons. The lowest BCUT2D eigenvalue weighted by Gasteiger charge is -2.11. The fraction of sp³-hybridized carbons (Fsp3) is 0.250. The molecule has 0 atom stereocenters. The Balaban J connectivity index is 2.17. The third kappa shape index (κ3) is 4.57. The molecule has 3 aromatic rings. The molecule has 2 aromatic carbocycles. The van der Waals surface area contributed by atoms with Crippen LogP contribution < -0.4 is 10.3 Å². The summed E-state index contributed by atoms with van der Waals surface area (Å²) in [6.07, 6.45) is 4.05. The Hall–Kier alpha value is -1.71. The lowest BCUT2D eigenvalue weighted by molar-refractivity contribution is 0.371. The van der Waals surface area contributed by atoms with Crippen molar-refractivity contribution in [3.05, 3.63) is 59.4 Å². The van der Waals surface area contributed by atoms with E-state index in [0.29, 0.717) is 43.4 Å². The molecule has 0 spiro atoms. The molecule has 0 bridgehead atoms. The van der Waals surface area contributed by atoms with E-state index in [1.807, 2.05) is 12.1 Å². The van der Waals surface area contributed by atoms with E-state index in [1.54, 1.807) is 18.3 Å². The lowest BCUT2D eigenvalue weighted by atomic mass is 10.2. The maximum Gasteiger partial charge on any atom is 0.282 e. The van der Waals surface area contributed by atoms with Gasteiger partial charge in [-0.25, -0.2) is 4.98 Å². The molecule has 9 heteroatoms. The van der Waals surface area contributed by atoms with Crippen molar-refractivity contribution in [3.8, 4) is 11.5 Å². The van der Waals surface area contributed by atoms with Gasteiger partial charge in [0.1, 0.15) is 5.82 Å². The van der Waals surface area contributed by atoms with Crippen molar-refractivity contribution in [2.75, 3.05) is 7.11 Å². The summed E-state index contributed by atoms with van der Waals surface area (Å²) in [6, 6.07) is 7.07. The van der Waals surface area contributed by atoms with Gasteiger partial charge in [0.2, 0.25) is 0 Å². The van der Waals surface area contributed by atoms with Crippen LogP contribution in [0.15, 0.2) is 47.6 Å². The predicted octanol–water partition coefficient (Wildman–Crippen LogP) is 5.62. The number of rotatable bonds is 6. The van der Waals surface area contributed by atoms with Gasteiger partial charge >= 0.3 is 0 Å². The SMILES string of the molecule is CCCCc1nc2ccc(Br)cc2c(=O)n1N=Cc1cc(OC)c(O)c(Br)c1Br. The highest BCUT2D eigenvalue weighted by atomic mass is 79.9. The zero-order chi connectivity index (χ0) is 21.1. The molecular weight excluding hydrogens is 570 g/mol. The van der Waals surface area contributed by atoms with Gasteiger partial charge in [-0.1, -0.05) is 29.3 Å². The number of unbranched alkanes of at least 4 members (excludes halogenated alkanes) is 1. The first-order valence-corrected chi connectivity index (χ1v) is 11.3. The largest absolute Gasteiger partial charge is 0.503 e. The molecule has 0 aliphatic carbocycles. The average Bonchev–Trinajstić information content (AvgIpc) is 2.71. The Morgan fingerprint density at radius 1 is 1.24 bits per heavy atom. The molecule has 0 aliphatic heterocycles. The van der Waals surface area contributed by atoms with Crippen LogP contribution in [0.1, 0.15) is 31.2 Å². The second-order valence-corrected chi connectivity index (χ2v) is 8.80. The second-order valence-electron chi connectivity index (χ2n) is 6.30. The molecule has 3 rings (SSSR count). The fourth-order valence-corrected chi connectivity index (χ4v) is 3.98. The van der Waals surface area contributed by atoms with Crippen molar-refractivity contribution < 1.29 is 9.84 Å². The van der Waals surface area contributed by atoms with Gasteiger partial charge in [-0.05, 0) is 62.5 Å². The molecule has 0 unspecified atom stereocenters. The van der Waals surface area contributed by atoms with Gasteiger partial charge < -0.3 is 9.84 Å². The van der Waals surface area contributed by atoms with Gasteiger partial charge in [0.15, 0.2) is 11.5 Å². The van der Waals surface area contributed by atoms with E-state index in [1.165, 1.54) is 11.8 Å². The highest BCUT2D eigenvalue weighted by molar-refractivity contribution is 9.13. The molecule has 1 N–H and O–H groups in total. The van der Waals surface area contributed by atoms with Gasteiger partial charge in [0, 0.05) is 20.9 Å². The Kier molecular flexibility index (Phi) is 7.13. The molecular formula is C20H18Br3N3O3. The van der Waals surface area contributed by atoms with Crippen LogP contribution in [0.4, 0.5) is 0 Å². The number of aryl methyl sites for hydroxylation is 1. The maximum atomic E-state index is 13.1. The van der Waals surface area contributed by atoms with Gasteiger partial charge in [-0.15, -0.1) is 0 Å². The van der Waals surface area contributed by atoms with Crippen LogP contribution in [-0.2, 0) is 6.42 Å². The normalized spacial score (nSPS) is 11.5. The first kappa shape index (κ1) is 22.0. The van der Waals surface area contributed by atoms with Crippen LogP contribution in [0.25, 0.3) is 10.9 Å². The summed E-state index contributed by atoms with van der Waals surface area (Å²) < 4.78 is 8.37. The van der Waals surface area contributed by atoms with Crippen molar-refractivity contribution >= 4 is 64.9 Å². The minimum atomic E-state index is -0.236. The fourth-order valence-electron chi connectivity index (χ4n) is 2.79. The van der Waals surface area contributed by atoms with Gasteiger partial charge in [0.25, 0.3) is 5.56 Å². The number of ether oxygens (including phenoxy) is 1. The molecule has 0 radical (unpaired) electrons. The number of halogens is 3. The Labute approximate surface area is 193 Å². The van der Waals surface area contributed by atoms with Crippen molar-refractivity contribution in [3.63, 3.8) is 0 Å². The standard InChI is InChI=1S/C20H18Br3N3O3/c1-3-4-5-16-25-14-7-6-12(21)9-13(14)20(28)26(16)24-10-11-8-15(29-2)19(27)18(23)17(11)22/h6-10,27H,3-5H2,1-2H3. The van der Waals surface area contributed by atoms with E-state index >= 15 is 0 Å². The molecule has 6 nitrogen and oxygen atoms in total. The third-order valence-corrected chi connectivity index (χ3v) is 6.99. The number of hydrogen-bond donors (Lipinski definition) is 1. The number of aromatic hydroxyl groups is 1. The van der Waals surface area contributed by atoms with E-state index < -0.39 is 0 Å². The smallest absolute Gasteiger partial charge is 0.282 e. The Morgan fingerprint density at radius 3 is 2.69 bits per heavy atom. The van der Waals surface area contributed by atoms with E-state index in [4.69, 9.17) is 4.74 Å². The summed E-state index contributed by atoms with van der Waals surface area (Å²) >= 11 is 10.2. The molecule has 0 saturated heterocycles. The number of phenolic OH excluding ortho intramolecular Hbond substituents is 1. The van der Waals surface area contributed by atoms with Crippen LogP contribution in [-0.4, -0.2) is 28.1 Å². The molecule has 1 heterocycles. The van der Waals surface area contributed by atoms with Gasteiger partial charge in [-0.3, -0.25) is 4.79 Å². The van der Waals surface area contributed by atoms with Crippen molar-refractivity contribution in [1.82, 2.24) is 9.66 Å². The topological polar surface area (TPSA) is 76.7 Å². The number of benzene rings is 2. The summed E-state index contributed by atoms with van der Waals surface area (Å²) in [5, 5.41) is 15.0. The molecule has 1 aromatic heterocycles. The van der Waals surface area contributed by atoms with Crippen molar-refractivity contribution in [2.24, 2.45) is 5.10 Å². The number of hydrogen-bond acceptors (Lipinski definition) is 5. The second kappa shape index (κ2) is 9.40. The summed E-state index contributed by atoms with van der Waals surface area (Å²) in [7, 11) is 1.47. The molecule has 0 aliphatic rings. The minimum absolute atomic E-state index is 0.0189. The summed E-state index contributed by atoms with van der Waals surface area (Å²) in [5.74, 6) is 0.874. The first-order valence-electron chi connectivity index (χ1n) is 8.87. The molecule has 0 amide bonds. The number of nitrogens with zero attached hydrogens (tertiary/aromatic N) is 3. The number of methoxy groups -OCH3 is 1. The summed E-state index contributed by atoms with van der Waals surface area (Å²) in [4.78, 5) is 17.8. The summed E-state index contributed by atoms with van der Waals surface area (Å²) in [5.41, 5.74) is 1.04. The highest BCUT2D eigenvalue weighted by Gasteiger charge is 2.15. The van der Waals surface area contributed by atoms with Gasteiger partial charge in [0.05, 0.1) is 28.7 Å². The number of phenols is 1. The van der Waals surface area contributed by atoms with E-state index in [-0.39, 0.29) is 11.3 Å². The highest BCUT2D eigenvalue weighted by Crippen LogP contribution is 2.41. The van der Waals surface area contributed by atoms with Crippen LogP contribution in [0, 0.1) is 0 Å². The molecule has 0 fully saturated rings. The quantitative estimate of drug-likeness (QED) is 0.380. The maximum absolute atomic E-state index is 13.1. The zero-order valence-electron chi connectivity index (χ0n) is 15.7. The monoisotopic (exact) mass is 585 g/mol. The summed E-state index contributed by atoms with van der Waals surface area (Å²) in [6.45, 7) is 2.08. The number of fused-ring (bicyclic) bond motifs is 1. The average molecular weight is 588 g/mol. The number of aromatic nitrogens is 2. The molecule has 29 heavy (non-hydrogen) atoms. The van der Waals surface area contributed by atoms with Crippen LogP contribution in [0.3, 0.4) is 0 Å². The Bertz CT molecular complexity index is 1160. The predicted molar refractivity (Wildman–Crippen MR) is 125 cm³/mol. The first-order chi connectivity index (χ1) is 13.9. The van der Waals surface area contributed by atoms with Gasteiger partial charge in [-0.2, -0.15) is 9.78 Å². The van der Waals surface area contributed by atoms with E-state index in [2.05, 4.69) is 64.8 Å². The van der Waals surface area contributed by atoms with Crippen LogP contribution in [0.5, 0.6) is 11.5 Å². The molecule has 0 saturated carbocycles. The lowest BCUT2D eigenvalue weighted by Crippen LogP contribution is -2.22. The minimum Gasteiger partial charge on any atom is -0.503 e. The van der Waals surface area contributed by atoms with E-state index in [0.717, 1.165) is 17.3 Å². The Morgan fingerprint density at radius 2 is 2.00 bits per heavy atom. The third-order valence-electron chi connectivity index (χ3n) is 4.34. The zero-order valence-corrected chi connectivity index (χ0v) is 20.5. The van der Waals surface area contributed by atoms with E-state index in [9.17, 15) is 9.90 Å².